The lowest BCUT2D eigenvalue weighted by molar-refractivity contribution is 0.660. The zero-order valence-corrected chi connectivity index (χ0v) is 34.3. The first-order chi connectivity index (χ1) is 29.0. The number of benzene rings is 10. The first-order valence-electron chi connectivity index (χ1n) is 20.5. The summed E-state index contributed by atoms with van der Waals surface area (Å²) in [6, 6.07) is 68.9. The van der Waals surface area contributed by atoms with Crippen molar-refractivity contribution < 1.29 is 0 Å². The van der Waals surface area contributed by atoms with Crippen molar-refractivity contribution in [3.05, 3.63) is 193 Å². The van der Waals surface area contributed by atoms with Gasteiger partial charge in [-0.3, -0.25) is 0 Å². The summed E-state index contributed by atoms with van der Waals surface area (Å²) in [6.45, 7) is 4.70. The molecule has 276 valence electrons. The molecule has 0 atom stereocenters. The minimum absolute atomic E-state index is 0.0147. The third-order valence-corrected chi connectivity index (χ3v) is 15.5. The standard InChI is InChI=1S/C57H36S2/c1-57(2)51-14-8-6-12-41(51)49-28-36(20-25-52(49)57)38-19-24-44-43-23-18-37(29-54(43)59-55(44)30-38)35-17-22-39-46(27-35)45-26-34(33-10-4-3-5-11-33)16-21-40(45)48-32-56-50(31-47(39)48)42-13-7-9-15-53(42)58-56/h3-32H,1-2H3. The van der Waals surface area contributed by atoms with Crippen LogP contribution in [0.25, 0.3) is 117 Å². The summed E-state index contributed by atoms with van der Waals surface area (Å²) in [6.07, 6.45) is 0. The molecule has 0 nitrogen and oxygen atoms in total. The van der Waals surface area contributed by atoms with E-state index < -0.39 is 0 Å². The Bertz CT molecular complexity index is 3750. The van der Waals surface area contributed by atoms with Crippen LogP contribution in [-0.4, -0.2) is 0 Å². The number of fused-ring (bicyclic) bond motifs is 15. The van der Waals surface area contributed by atoms with Crippen molar-refractivity contribution in [2.45, 2.75) is 19.3 Å². The minimum atomic E-state index is 0.0147. The molecule has 1 aliphatic rings. The van der Waals surface area contributed by atoms with E-state index in [1.165, 1.54) is 128 Å². The molecule has 12 aromatic rings. The largest absolute Gasteiger partial charge is 0.135 e. The Morgan fingerprint density at radius 3 is 1.47 bits per heavy atom. The van der Waals surface area contributed by atoms with E-state index in [-0.39, 0.29) is 5.41 Å². The Kier molecular flexibility index (Phi) is 6.92. The van der Waals surface area contributed by atoms with E-state index in [9.17, 15) is 0 Å². The van der Waals surface area contributed by atoms with Crippen LogP contribution < -0.4 is 0 Å². The summed E-state index contributed by atoms with van der Waals surface area (Å²) in [5.74, 6) is 0. The van der Waals surface area contributed by atoms with Crippen LogP contribution >= 0.6 is 22.7 Å². The molecule has 0 spiro atoms. The highest BCUT2D eigenvalue weighted by Gasteiger charge is 2.35. The SMILES string of the molecule is CC1(C)c2ccccc2-c2cc(-c3ccc4c(c3)sc3cc(-c5ccc6c(c5)c5cc(-c7ccccc7)ccc5c5cc7sc8ccccc8c7cc65)ccc34)ccc21. The van der Waals surface area contributed by atoms with Gasteiger partial charge in [-0.1, -0.05) is 147 Å². The summed E-state index contributed by atoms with van der Waals surface area (Å²) in [5, 5.41) is 13.1. The molecule has 0 bridgehead atoms. The average molecular weight is 785 g/mol. The minimum Gasteiger partial charge on any atom is -0.135 e. The van der Waals surface area contributed by atoms with Gasteiger partial charge in [0.15, 0.2) is 0 Å². The molecule has 13 rings (SSSR count). The van der Waals surface area contributed by atoms with Crippen LogP contribution in [0.5, 0.6) is 0 Å². The lowest BCUT2D eigenvalue weighted by Gasteiger charge is -2.21. The van der Waals surface area contributed by atoms with Crippen LogP contribution in [-0.2, 0) is 5.41 Å². The molecule has 59 heavy (non-hydrogen) atoms. The highest BCUT2D eigenvalue weighted by molar-refractivity contribution is 7.26. The molecule has 0 unspecified atom stereocenters. The molecule has 0 aliphatic heterocycles. The van der Waals surface area contributed by atoms with Crippen molar-refractivity contribution in [1.82, 2.24) is 0 Å². The lowest BCUT2D eigenvalue weighted by atomic mass is 9.82. The van der Waals surface area contributed by atoms with Gasteiger partial charge in [0.2, 0.25) is 0 Å². The van der Waals surface area contributed by atoms with Crippen molar-refractivity contribution in [1.29, 1.82) is 0 Å². The van der Waals surface area contributed by atoms with Gasteiger partial charge < -0.3 is 0 Å². The second-order valence-corrected chi connectivity index (χ2v) is 19.0. The summed E-state index contributed by atoms with van der Waals surface area (Å²) in [4.78, 5) is 0. The van der Waals surface area contributed by atoms with Gasteiger partial charge in [-0.2, -0.15) is 0 Å². The van der Waals surface area contributed by atoms with Crippen molar-refractivity contribution in [3.63, 3.8) is 0 Å². The molecule has 10 aromatic carbocycles. The zero-order valence-electron chi connectivity index (χ0n) is 32.6. The van der Waals surface area contributed by atoms with Crippen LogP contribution in [0.4, 0.5) is 0 Å². The van der Waals surface area contributed by atoms with E-state index in [4.69, 9.17) is 0 Å². The summed E-state index contributed by atoms with van der Waals surface area (Å²) >= 11 is 3.80. The molecule has 2 heteroatoms. The highest BCUT2D eigenvalue weighted by Crippen LogP contribution is 2.50. The summed E-state index contributed by atoms with van der Waals surface area (Å²) in [5.41, 5.74) is 13.1. The molecule has 0 saturated carbocycles. The predicted octanol–water partition coefficient (Wildman–Crippen LogP) is 17.2. The maximum absolute atomic E-state index is 2.45. The summed E-state index contributed by atoms with van der Waals surface area (Å²) < 4.78 is 5.33. The van der Waals surface area contributed by atoms with Crippen LogP contribution in [0.2, 0.25) is 0 Å². The van der Waals surface area contributed by atoms with E-state index in [1.807, 2.05) is 22.7 Å². The molecule has 0 saturated heterocycles. The second kappa shape index (κ2) is 12.2. The maximum atomic E-state index is 2.45. The van der Waals surface area contributed by atoms with Gasteiger partial charge in [-0.25, -0.2) is 0 Å². The zero-order chi connectivity index (χ0) is 39.0. The van der Waals surface area contributed by atoms with Crippen LogP contribution in [0.1, 0.15) is 25.0 Å². The van der Waals surface area contributed by atoms with Crippen molar-refractivity contribution in [2.75, 3.05) is 0 Å². The Hall–Kier alpha value is -6.58. The maximum Gasteiger partial charge on any atom is 0.0362 e. The van der Waals surface area contributed by atoms with Gasteiger partial charge in [-0.15, -0.1) is 22.7 Å². The van der Waals surface area contributed by atoms with E-state index in [2.05, 4.69) is 196 Å². The number of hydrogen-bond donors (Lipinski definition) is 0. The molecule has 2 aromatic heterocycles. The lowest BCUT2D eigenvalue weighted by Crippen LogP contribution is -2.14. The number of rotatable bonds is 3. The van der Waals surface area contributed by atoms with Gasteiger partial charge in [0.25, 0.3) is 0 Å². The quantitative estimate of drug-likeness (QED) is 0.157. The molecular formula is C57H36S2. The Balaban J connectivity index is 0.961. The van der Waals surface area contributed by atoms with E-state index in [0.717, 1.165) is 0 Å². The fraction of sp³-hybridized carbons (Fsp3) is 0.0526. The fourth-order valence-corrected chi connectivity index (χ4v) is 12.6. The second-order valence-electron chi connectivity index (χ2n) is 16.8. The number of hydrogen-bond acceptors (Lipinski definition) is 2. The van der Waals surface area contributed by atoms with E-state index >= 15 is 0 Å². The van der Waals surface area contributed by atoms with Gasteiger partial charge in [0.05, 0.1) is 0 Å². The Labute approximate surface area is 350 Å². The molecule has 2 heterocycles. The Morgan fingerprint density at radius 1 is 0.271 bits per heavy atom. The van der Waals surface area contributed by atoms with E-state index in [0.29, 0.717) is 0 Å². The molecule has 0 radical (unpaired) electrons. The molecule has 0 amide bonds. The average Bonchev–Trinajstić information content (AvgIpc) is 3.92. The smallest absolute Gasteiger partial charge is 0.0362 e. The van der Waals surface area contributed by atoms with Crippen LogP contribution in [0.3, 0.4) is 0 Å². The normalized spacial score (nSPS) is 13.4. The topological polar surface area (TPSA) is 0 Å². The van der Waals surface area contributed by atoms with Crippen LogP contribution in [0, 0.1) is 0 Å². The third-order valence-electron chi connectivity index (χ3n) is 13.3. The molecule has 0 fully saturated rings. The highest BCUT2D eigenvalue weighted by atomic mass is 32.1. The van der Waals surface area contributed by atoms with E-state index in [1.54, 1.807) is 0 Å². The van der Waals surface area contributed by atoms with Gasteiger partial charge in [0.1, 0.15) is 0 Å². The van der Waals surface area contributed by atoms with Crippen molar-refractivity contribution >= 4 is 95.3 Å². The first-order valence-corrected chi connectivity index (χ1v) is 22.1. The van der Waals surface area contributed by atoms with Crippen molar-refractivity contribution in [3.8, 4) is 44.5 Å². The molecular weight excluding hydrogens is 749 g/mol. The predicted molar refractivity (Wildman–Crippen MR) is 259 cm³/mol. The Morgan fingerprint density at radius 2 is 0.746 bits per heavy atom. The first kappa shape index (κ1) is 33.4. The molecule has 0 N–H and O–H groups in total. The van der Waals surface area contributed by atoms with Crippen molar-refractivity contribution in [2.24, 2.45) is 0 Å². The number of thiophene rings is 2. The van der Waals surface area contributed by atoms with Crippen LogP contribution in [0.15, 0.2) is 182 Å². The van der Waals surface area contributed by atoms with Gasteiger partial charge in [-0.05, 0) is 136 Å². The monoisotopic (exact) mass is 784 g/mol. The van der Waals surface area contributed by atoms with Gasteiger partial charge >= 0.3 is 0 Å². The summed E-state index contributed by atoms with van der Waals surface area (Å²) in [7, 11) is 0. The molecule has 1 aliphatic carbocycles. The van der Waals surface area contributed by atoms with Gasteiger partial charge in [0, 0.05) is 45.8 Å². The fourth-order valence-electron chi connectivity index (χ4n) is 10.2. The third kappa shape index (κ3) is 4.88.